The number of ether oxygens (including phenoxy) is 1. The summed E-state index contributed by atoms with van der Waals surface area (Å²) in [4.78, 5) is 22.5. The summed E-state index contributed by atoms with van der Waals surface area (Å²) in [6, 6.07) is 4.38. The van der Waals surface area contributed by atoms with E-state index in [1.807, 2.05) is 0 Å². The van der Waals surface area contributed by atoms with Gasteiger partial charge in [0.1, 0.15) is 11.4 Å². The Morgan fingerprint density at radius 3 is 2.45 bits per heavy atom. The Kier molecular flexibility index (Phi) is 5.07. The van der Waals surface area contributed by atoms with Gasteiger partial charge in [-0.3, -0.25) is 0 Å². The first-order chi connectivity index (χ1) is 9.19. The molecule has 0 aromatic heterocycles. The number of carboxylic acid groups (broad SMARTS) is 1. The minimum absolute atomic E-state index is 0.178. The predicted octanol–water partition coefficient (Wildman–Crippen LogP) is 1.01. The van der Waals surface area contributed by atoms with E-state index in [4.69, 9.17) is 4.74 Å². The lowest BCUT2D eigenvalue weighted by molar-refractivity contribution is -0.308. The van der Waals surface area contributed by atoms with Crippen molar-refractivity contribution in [3.05, 3.63) is 35.6 Å². The highest BCUT2D eigenvalue weighted by Gasteiger charge is 2.21. The number of halogens is 1. The lowest BCUT2D eigenvalue weighted by atomic mass is 10.1. The fourth-order valence-corrected chi connectivity index (χ4v) is 1.53. The Balaban J connectivity index is 2.74. The molecule has 0 saturated carbocycles. The molecule has 20 heavy (non-hydrogen) atoms. The summed E-state index contributed by atoms with van der Waals surface area (Å²) < 4.78 is 18.4. The molecule has 110 valence electrons. The molecule has 0 aliphatic heterocycles. The molecule has 1 rings (SSSR count). The molecule has 6 heteroatoms. The van der Waals surface area contributed by atoms with Crippen LogP contribution < -0.4 is 10.4 Å². The third-order valence-corrected chi connectivity index (χ3v) is 2.36. The van der Waals surface area contributed by atoms with Gasteiger partial charge >= 0.3 is 6.09 Å². The van der Waals surface area contributed by atoms with Crippen molar-refractivity contribution in [2.24, 2.45) is 0 Å². The average Bonchev–Trinajstić information content (AvgIpc) is 2.28. The van der Waals surface area contributed by atoms with Gasteiger partial charge in [-0.15, -0.1) is 0 Å². The van der Waals surface area contributed by atoms with Crippen molar-refractivity contribution in [2.75, 3.05) is 0 Å². The number of carbonyl (C=O) groups excluding carboxylic acids is 2. The highest BCUT2D eigenvalue weighted by Crippen LogP contribution is 2.10. The maximum atomic E-state index is 13.5. The third-order valence-electron chi connectivity index (χ3n) is 2.36. The average molecular weight is 282 g/mol. The summed E-state index contributed by atoms with van der Waals surface area (Å²) in [5, 5.41) is 13.2. The molecule has 5 nitrogen and oxygen atoms in total. The van der Waals surface area contributed by atoms with Gasteiger partial charge in [-0.2, -0.15) is 0 Å². The fourth-order valence-electron chi connectivity index (χ4n) is 1.53. The molecule has 0 unspecified atom stereocenters. The Morgan fingerprint density at radius 2 is 1.95 bits per heavy atom. The van der Waals surface area contributed by atoms with E-state index in [1.54, 1.807) is 26.8 Å². The number of amides is 1. The number of hydrogen-bond acceptors (Lipinski definition) is 4. The van der Waals surface area contributed by atoms with E-state index in [0.29, 0.717) is 0 Å². The van der Waals surface area contributed by atoms with Gasteiger partial charge in [0.25, 0.3) is 0 Å². The van der Waals surface area contributed by atoms with Crippen LogP contribution in [-0.4, -0.2) is 23.7 Å². The molecule has 0 aliphatic carbocycles. The summed E-state index contributed by atoms with van der Waals surface area (Å²) in [6.07, 6.45) is -1.10. The van der Waals surface area contributed by atoms with Crippen LogP contribution in [0.4, 0.5) is 9.18 Å². The number of hydrogen-bond donors (Lipinski definition) is 1. The van der Waals surface area contributed by atoms with Crippen LogP contribution in [-0.2, 0) is 16.0 Å². The van der Waals surface area contributed by atoms with Crippen molar-refractivity contribution in [3.63, 3.8) is 0 Å². The zero-order valence-electron chi connectivity index (χ0n) is 11.6. The smallest absolute Gasteiger partial charge is 0.408 e. The molecule has 1 aromatic carbocycles. The number of alkyl carbamates (subject to hydrolysis) is 1. The molecule has 0 spiro atoms. The highest BCUT2D eigenvalue weighted by molar-refractivity contribution is 5.79. The van der Waals surface area contributed by atoms with Crippen molar-refractivity contribution in [2.45, 2.75) is 38.8 Å². The van der Waals surface area contributed by atoms with Gasteiger partial charge in [-0.1, -0.05) is 18.2 Å². The molecule has 0 heterocycles. The molecule has 0 bridgehead atoms. The van der Waals surface area contributed by atoms with Gasteiger partial charge in [0.15, 0.2) is 0 Å². The Bertz CT molecular complexity index is 496. The standard InChI is InChI=1S/C14H18FNO4/c1-14(2,3)20-13(19)16-11(12(17)18)8-9-6-4-5-7-10(9)15/h4-7,11H,8H2,1-3H3,(H,16,19)(H,17,18)/p-1/t11-/m0/s1. The monoisotopic (exact) mass is 282 g/mol. The minimum atomic E-state index is -1.50. The van der Waals surface area contributed by atoms with Crippen LogP contribution >= 0.6 is 0 Å². The largest absolute Gasteiger partial charge is 0.548 e. The van der Waals surface area contributed by atoms with Crippen LogP contribution in [0.25, 0.3) is 0 Å². The first-order valence-electron chi connectivity index (χ1n) is 6.13. The van der Waals surface area contributed by atoms with Gasteiger partial charge in [0.05, 0.1) is 12.0 Å². The van der Waals surface area contributed by atoms with Crippen LogP contribution in [0.15, 0.2) is 24.3 Å². The van der Waals surface area contributed by atoms with Gasteiger partial charge in [0.2, 0.25) is 0 Å². The van der Waals surface area contributed by atoms with Crippen molar-refractivity contribution in [3.8, 4) is 0 Å². The summed E-state index contributed by atoms with van der Waals surface area (Å²) in [5.74, 6) is -2.04. The van der Waals surface area contributed by atoms with Crippen LogP contribution in [0.5, 0.6) is 0 Å². The summed E-state index contributed by atoms with van der Waals surface area (Å²) >= 11 is 0. The molecular formula is C14H17FNO4-. The van der Waals surface area contributed by atoms with Crippen LogP contribution in [0.2, 0.25) is 0 Å². The van der Waals surface area contributed by atoms with Gasteiger partial charge < -0.3 is 20.0 Å². The zero-order chi connectivity index (χ0) is 15.3. The maximum Gasteiger partial charge on any atom is 0.408 e. The topological polar surface area (TPSA) is 78.5 Å². The molecule has 1 amide bonds. The minimum Gasteiger partial charge on any atom is -0.548 e. The maximum absolute atomic E-state index is 13.5. The number of benzene rings is 1. The summed E-state index contributed by atoms with van der Waals surface area (Å²) in [6.45, 7) is 4.95. The van der Waals surface area contributed by atoms with Crippen LogP contribution in [0, 0.1) is 5.82 Å². The highest BCUT2D eigenvalue weighted by atomic mass is 19.1. The van der Waals surface area contributed by atoms with E-state index in [-0.39, 0.29) is 12.0 Å². The number of rotatable bonds is 4. The quantitative estimate of drug-likeness (QED) is 0.894. The number of nitrogens with one attached hydrogen (secondary N) is 1. The SMILES string of the molecule is CC(C)(C)OC(=O)N[C@@H](Cc1ccccc1F)C(=O)[O-]. The van der Waals surface area contributed by atoms with Gasteiger partial charge in [-0.05, 0) is 32.4 Å². The van der Waals surface area contributed by atoms with E-state index in [0.717, 1.165) is 0 Å². The molecule has 0 saturated heterocycles. The first-order valence-corrected chi connectivity index (χ1v) is 6.13. The van der Waals surface area contributed by atoms with E-state index in [9.17, 15) is 19.1 Å². The predicted molar refractivity (Wildman–Crippen MR) is 68.3 cm³/mol. The van der Waals surface area contributed by atoms with Crippen molar-refractivity contribution in [1.29, 1.82) is 0 Å². The second kappa shape index (κ2) is 6.36. The fraction of sp³-hybridized carbons (Fsp3) is 0.429. The molecule has 0 radical (unpaired) electrons. The number of carboxylic acids is 1. The van der Waals surface area contributed by atoms with Crippen LogP contribution in [0.1, 0.15) is 26.3 Å². The lowest BCUT2D eigenvalue weighted by Gasteiger charge is -2.24. The summed E-state index contributed by atoms with van der Waals surface area (Å²) in [5.41, 5.74) is -0.573. The van der Waals surface area contributed by atoms with E-state index in [1.165, 1.54) is 18.2 Å². The van der Waals surface area contributed by atoms with Crippen LogP contribution in [0.3, 0.4) is 0 Å². The van der Waals surface area contributed by atoms with Crippen molar-refractivity contribution < 1.29 is 23.8 Å². The second-order valence-electron chi connectivity index (χ2n) is 5.31. The van der Waals surface area contributed by atoms with Gasteiger partial charge in [-0.25, -0.2) is 9.18 Å². The third kappa shape index (κ3) is 5.26. The summed E-state index contributed by atoms with van der Waals surface area (Å²) in [7, 11) is 0. The van der Waals surface area contributed by atoms with E-state index >= 15 is 0 Å². The second-order valence-corrected chi connectivity index (χ2v) is 5.31. The Hall–Kier alpha value is -2.11. The van der Waals surface area contributed by atoms with Gasteiger partial charge in [0, 0.05) is 6.42 Å². The molecule has 1 N–H and O–H groups in total. The Labute approximate surface area is 116 Å². The molecular weight excluding hydrogens is 265 g/mol. The Morgan fingerprint density at radius 1 is 1.35 bits per heavy atom. The van der Waals surface area contributed by atoms with E-state index < -0.39 is 29.5 Å². The first kappa shape index (κ1) is 15.9. The zero-order valence-corrected chi connectivity index (χ0v) is 11.6. The molecule has 0 fully saturated rings. The lowest BCUT2D eigenvalue weighted by Crippen LogP contribution is -2.50. The number of aliphatic carboxylic acids is 1. The van der Waals surface area contributed by atoms with E-state index in [2.05, 4.69) is 5.32 Å². The molecule has 0 aliphatic rings. The van der Waals surface area contributed by atoms with Crippen molar-refractivity contribution in [1.82, 2.24) is 5.32 Å². The molecule has 1 aromatic rings. The normalized spacial score (nSPS) is 12.6. The number of carbonyl (C=O) groups is 2. The van der Waals surface area contributed by atoms with Crippen molar-refractivity contribution >= 4 is 12.1 Å². The molecule has 1 atom stereocenters.